The van der Waals surface area contributed by atoms with E-state index in [0.29, 0.717) is 32.1 Å². The number of carbonyl (C=O) groups is 1. The Morgan fingerprint density at radius 3 is 2.26 bits per heavy atom. The van der Waals surface area contributed by atoms with Crippen molar-refractivity contribution in [1.82, 2.24) is 25.1 Å². The number of tetrazole rings is 1. The van der Waals surface area contributed by atoms with E-state index in [9.17, 15) is 13.2 Å². The molecule has 5 rings (SSSR count). The van der Waals surface area contributed by atoms with Crippen LogP contribution in [0.1, 0.15) is 16.3 Å². The number of rotatable bonds is 6. The fourth-order valence-corrected chi connectivity index (χ4v) is 5.12. The van der Waals surface area contributed by atoms with Gasteiger partial charge in [0.15, 0.2) is 15.6 Å². The molecule has 174 valence electrons. The zero-order valence-electron chi connectivity index (χ0n) is 18.2. The second-order valence-corrected chi connectivity index (χ2v) is 9.83. The molecular formula is C23H22N6O4S. The summed E-state index contributed by atoms with van der Waals surface area (Å²) in [5.41, 5.74) is 0.856. The Morgan fingerprint density at radius 2 is 1.56 bits per heavy atom. The van der Waals surface area contributed by atoms with Crippen LogP contribution in [0.15, 0.2) is 82.1 Å². The van der Waals surface area contributed by atoms with Gasteiger partial charge in [0.25, 0.3) is 5.91 Å². The van der Waals surface area contributed by atoms with Gasteiger partial charge in [0.1, 0.15) is 11.5 Å². The van der Waals surface area contributed by atoms with Crippen LogP contribution < -0.4 is 4.90 Å². The van der Waals surface area contributed by atoms with Gasteiger partial charge in [-0.1, -0.05) is 41.5 Å². The Bertz CT molecular complexity index is 1380. The molecule has 1 aliphatic rings. The van der Waals surface area contributed by atoms with E-state index in [-0.39, 0.29) is 28.1 Å². The van der Waals surface area contributed by atoms with Gasteiger partial charge in [0.05, 0.1) is 10.6 Å². The first-order chi connectivity index (χ1) is 16.5. The fourth-order valence-electron chi connectivity index (χ4n) is 3.85. The molecule has 0 bridgehead atoms. The van der Waals surface area contributed by atoms with Crippen molar-refractivity contribution in [1.29, 1.82) is 0 Å². The van der Waals surface area contributed by atoms with Crippen LogP contribution in [0.2, 0.25) is 0 Å². The van der Waals surface area contributed by atoms with Gasteiger partial charge in [0.2, 0.25) is 5.95 Å². The summed E-state index contributed by atoms with van der Waals surface area (Å²) in [5, 5.41) is 12.0. The maximum atomic E-state index is 12.9. The summed E-state index contributed by atoms with van der Waals surface area (Å²) in [6.07, 6.45) is 0. The van der Waals surface area contributed by atoms with Crippen LogP contribution in [-0.4, -0.2) is 65.6 Å². The highest BCUT2D eigenvalue weighted by atomic mass is 32.2. The van der Waals surface area contributed by atoms with Crippen molar-refractivity contribution in [3.8, 4) is 5.69 Å². The molecule has 1 aliphatic heterocycles. The van der Waals surface area contributed by atoms with Crippen molar-refractivity contribution in [2.45, 2.75) is 10.6 Å². The summed E-state index contributed by atoms with van der Waals surface area (Å²) in [4.78, 5) is 16.9. The molecule has 2 aromatic heterocycles. The van der Waals surface area contributed by atoms with Crippen LogP contribution in [0.4, 0.5) is 5.95 Å². The Labute approximate surface area is 196 Å². The normalized spacial score (nSPS) is 14.4. The van der Waals surface area contributed by atoms with E-state index in [4.69, 9.17) is 4.42 Å². The number of piperazine rings is 1. The van der Waals surface area contributed by atoms with Crippen LogP contribution in [0.3, 0.4) is 0 Å². The Kier molecular flexibility index (Phi) is 5.84. The number of hydrogen-bond donors (Lipinski definition) is 0. The lowest BCUT2D eigenvalue weighted by Gasteiger charge is -2.34. The SMILES string of the molecule is O=C(c1ccc(CS(=O)(=O)c2ccccc2)o1)N1CCN(c2nnnn2-c2ccccc2)CC1. The van der Waals surface area contributed by atoms with Crippen molar-refractivity contribution in [3.05, 3.63) is 84.3 Å². The van der Waals surface area contributed by atoms with Crippen LogP contribution in [0.25, 0.3) is 5.69 Å². The molecule has 34 heavy (non-hydrogen) atoms. The molecule has 3 heterocycles. The van der Waals surface area contributed by atoms with E-state index < -0.39 is 9.84 Å². The third kappa shape index (κ3) is 4.42. The molecule has 1 saturated heterocycles. The van der Waals surface area contributed by atoms with E-state index in [2.05, 4.69) is 15.5 Å². The van der Waals surface area contributed by atoms with E-state index in [1.54, 1.807) is 27.8 Å². The minimum absolute atomic E-state index is 0.126. The Hall–Kier alpha value is -3.99. The number of nitrogens with zero attached hydrogens (tertiary/aromatic N) is 6. The third-order valence-corrected chi connectivity index (χ3v) is 7.27. The van der Waals surface area contributed by atoms with Gasteiger partial charge in [-0.15, -0.1) is 0 Å². The fraction of sp³-hybridized carbons (Fsp3) is 0.217. The average Bonchev–Trinajstić information content (AvgIpc) is 3.55. The van der Waals surface area contributed by atoms with Crippen LogP contribution in [0.5, 0.6) is 0 Å². The molecular weight excluding hydrogens is 456 g/mol. The third-order valence-electron chi connectivity index (χ3n) is 5.61. The molecule has 1 fully saturated rings. The summed E-state index contributed by atoms with van der Waals surface area (Å²) in [6.45, 7) is 2.02. The lowest BCUT2D eigenvalue weighted by atomic mass is 10.3. The maximum Gasteiger partial charge on any atom is 0.289 e. The van der Waals surface area contributed by atoms with Crippen molar-refractivity contribution < 1.29 is 17.6 Å². The Morgan fingerprint density at radius 1 is 0.882 bits per heavy atom. The molecule has 0 N–H and O–H groups in total. The van der Waals surface area contributed by atoms with Crippen LogP contribution >= 0.6 is 0 Å². The van der Waals surface area contributed by atoms with Gasteiger partial charge < -0.3 is 14.2 Å². The van der Waals surface area contributed by atoms with Gasteiger partial charge in [-0.25, -0.2) is 8.42 Å². The molecule has 10 nitrogen and oxygen atoms in total. The van der Waals surface area contributed by atoms with E-state index in [0.717, 1.165) is 5.69 Å². The highest BCUT2D eigenvalue weighted by Gasteiger charge is 2.27. The number of carbonyl (C=O) groups excluding carboxylic acids is 1. The predicted molar refractivity (Wildman–Crippen MR) is 123 cm³/mol. The highest BCUT2D eigenvalue weighted by molar-refractivity contribution is 7.90. The largest absolute Gasteiger partial charge is 0.455 e. The highest BCUT2D eigenvalue weighted by Crippen LogP contribution is 2.21. The van der Waals surface area contributed by atoms with Crippen molar-refractivity contribution in [2.24, 2.45) is 0 Å². The van der Waals surface area contributed by atoms with Gasteiger partial charge in [-0.3, -0.25) is 4.79 Å². The molecule has 0 saturated carbocycles. The zero-order chi connectivity index (χ0) is 23.5. The van der Waals surface area contributed by atoms with Gasteiger partial charge in [0, 0.05) is 26.2 Å². The van der Waals surface area contributed by atoms with Gasteiger partial charge in [-0.2, -0.15) is 4.68 Å². The molecule has 0 aliphatic carbocycles. The summed E-state index contributed by atoms with van der Waals surface area (Å²) >= 11 is 0. The van der Waals surface area contributed by atoms with Crippen molar-refractivity contribution in [2.75, 3.05) is 31.1 Å². The van der Waals surface area contributed by atoms with Crippen molar-refractivity contribution in [3.63, 3.8) is 0 Å². The van der Waals surface area contributed by atoms with E-state index >= 15 is 0 Å². The first-order valence-electron chi connectivity index (χ1n) is 10.8. The molecule has 0 spiro atoms. The number of hydrogen-bond acceptors (Lipinski definition) is 8. The quantitative estimate of drug-likeness (QED) is 0.414. The average molecular weight is 479 g/mol. The zero-order valence-corrected chi connectivity index (χ0v) is 19.0. The molecule has 0 unspecified atom stereocenters. The number of para-hydroxylation sites is 1. The van der Waals surface area contributed by atoms with Crippen LogP contribution in [-0.2, 0) is 15.6 Å². The minimum atomic E-state index is -3.56. The number of aromatic nitrogens is 4. The number of amides is 1. The molecule has 11 heteroatoms. The minimum Gasteiger partial charge on any atom is -0.455 e. The predicted octanol–water partition coefficient (Wildman–Crippen LogP) is 2.19. The van der Waals surface area contributed by atoms with Gasteiger partial charge >= 0.3 is 0 Å². The monoisotopic (exact) mass is 478 g/mol. The number of benzene rings is 2. The first-order valence-corrected chi connectivity index (χ1v) is 12.4. The molecule has 0 atom stereocenters. The molecule has 2 aromatic carbocycles. The topological polar surface area (TPSA) is 114 Å². The molecule has 4 aromatic rings. The first kappa shape index (κ1) is 21.8. The second kappa shape index (κ2) is 9.10. The number of anilines is 1. The summed E-state index contributed by atoms with van der Waals surface area (Å²) in [7, 11) is -3.56. The number of sulfone groups is 1. The summed E-state index contributed by atoms with van der Waals surface area (Å²) < 4.78 is 32.4. The smallest absolute Gasteiger partial charge is 0.289 e. The van der Waals surface area contributed by atoms with E-state index in [1.165, 1.54) is 24.3 Å². The standard InChI is InChI=1S/C23H22N6O4S/c30-22(21-12-11-19(33-21)17-34(31,32)20-9-5-2-6-10-20)27-13-15-28(16-14-27)23-24-25-26-29(23)18-7-3-1-4-8-18/h1-12H,13-17H2. The lowest BCUT2D eigenvalue weighted by Crippen LogP contribution is -2.49. The van der Waals surface area contributed by atoms with Crippen molar-refractivity contribution >= 4 is 21.7 Å². The summed E-state index contributed by atoms with van der Waals surface area (Å²) in [5.74, 6) is 0.393. The lowest BCUT2D eigenvalue weighted by molar-refractivity contribution is 0.0712. The van der Waals surface area contributed by atoms with Gasteiger partial charge in [-0.05, 0) is 46.8 Å². The molecule has 1 amide bonds. The summed E-state index contributed by atoms with van der Waals surface area (Å²) in [6, 6.07) is 20.8. The number of furan rings is 1. The van der Waals surface area contributed by atoms with E-state index in [1.807, 2.05) is 35.2 Å². The molecule has 0 radical (unpaired) electrons. The second-order valence-electron chi connectivity index (χ2n) is 7.84. The maximum absolute atomic E-state index is 12.9. The Balaban J connectivity index is 1.23. The van der Waals surface area contributed by atoms with Crippen LogP contribution in [0, 0.1) is 0 Å².